The van der Waals surface area contributed by atoms with E-state index in [4.69, 9.17) is 5.73 Å². The second-order valence-electron chi connectivity index (χ2n) is 9.28. The van der Waals surface area contributed by atoms with E-state index in [0.717, 1.165) is 0 Å². The van der Waals surface area contributed by atoms with Crippen LogP contribution in [-0.2, 0) is 25.6 Å². The van der Waals surface area contributed by atoms with Crippen LogP contribution in [0.2, 0.25) is 0 Å². The van der Waals surface area contributed by atoms with Crippen LogP contribution in [0.15, 0.2) is 29.0 Å². The minimum absolute atomic E-state index is 0.0474. The zero-order chi connectivity index (χ0) is 25.1. The molecule has 0 aliphatic heterocycles. The summed E-state index contributed by atoms with van der Waals surface area (Å²) >= 11 is 0. The maximum Gasteiger partial charge on any atom is 0.255 e. The van der Waals surface area contributed by atoms with E-state index >= 15 is 0 Å². The van der Waals surface area contributed by atoms with Crippen molar-refractivity contribution in [3.8, 4) is 5.75 Å². The zero-order valence-corrected chi connectivity index (χ0v) is 19.1. The number of hydrogen-bond donors (Lipinski definition) is 4. The second kappa shape index (κ2) is 8.16. The molecule has 1 saturated carbocycles. The molecule has 178 valence electrons. The Hall–Kier alpha value is -3.88. The number of aliphatic hydroxyl groups is 2. The molecule has 1 fully saturated rings. The summed E-state index contributed by atoms with van der Waals surface area (Å²) in [7, 11) is 3.61. The van der Waals surface area contributed by atoms with Gasteiger partial charge in [-0.25, -0.2) is 0 Å². The number of benzene rings is 1. The van der Waals surface area contributed by atoms with Crippen LogP contribution in [0, 0.1) is 17.8 Å². The van der Waals surface area contributed by atoms with Crippen molar-refractivity contribution >= 4 is 40.8 Å². The second-order valence-corrected chi connectivity index (χ2v) is 9.28. The van der Waals surface area contributed by atoms with E-state index in [0.29, 0.717) is 29.7 Å². The fraction of sp³-hybridized carbons (Fsp3) is 0.360. The van der Waals surface area contributed by atoms with Gasteiger partial charge in [0.25, 0.3) is 5.91 Å². The van der Waals surface area contributed by atoms with E-state index in [9.17, 15) is 34.5 Å². The Kier molecular flexibility index (Phi) is 5.59. The van der Waals surface area contributed by atoms with Gasteiger partial charge in [0.2, 0.25) is 0 Å². The Labute approximate surface area is 195 Å². The van der Waals surface area contributed by atoms with Gasteiger partial charge in [-0.2, -0.15) is 0 Å². The monoisotopic (exact) mass is 466 g/mol. The first-order valence-electron chi connectivity index (χ1n) is 10.9. The topological polar surface area (TPSA) is 158 Å². The molecule has 3 unspecified atom stereocenters. The molecule has 0 radical (unpaired) electrons. The number of phenolic OH excluding ortho intramolecular Hbond substituents is 1. The number of aromatic hydroxyl groups is 1. The van der Waals surface area contributed by atoms with Gasteiger partial charge in [-0.15, -0.1) is 0 Å². The normalized spacial score (nSPS) is 24.1. The summed E-state index contributed by atoms with van der Waals surface area (Å²) < 4.78 is 0. The molecule has 3 aliphatic carbocycles. The lowest BCUT2D eigenvalue weighted by molar-refractivity contribution is -0.127. The molecule has 3 aliphatic rings. The molecule has 9 heteroatoms. The number of fused-ring (bicyclic) bond motifs is 3. The van der Waals surface area contributed by atoms with E-state index in [2.05, 4.69) is 0 Å². The fourth-order valence-corrected chi connectivity index (χ4v) is 5.44. The largest absolute Gasteiger partial charge is 0.511 e. The number of Topliss-reactive ketones (excluding diaryl/α,β-unsaturated/α-hetero) is 2. The lowest BCUT2D eigenvalue weighted by Gasteiger charge is -2.41. The molecule has 4 rings (SSSR count). The fourth-order valence-electron chi connectivity index (χ4n) is 5.44. The van der Waals surface area contributed by atoms with E-state index in [1.165, 1.54) is 19.1 Å². The van der Waals surface area contributed by atoms with Crippen molar-refractivity contribution in [3.05, 3.63) is 45.7 Å². The molecule has 1 aromatic rings. The number of anilines is 1. The lowest BCUT2D eigenvalue weighted by atomic mass is 9.61. The minimum Gasteiger partial charge on any atom is -0.511 e. The van der Waals surface area contributed by atoms with Crippen molar-refractivity contribution in [2.24, 2.45) is 23.5 Å². The molecular weight excluding hydrogens is 440 g/mol. The van der Waals surface area contributed by atoms with Gasteiger partial charge in [-0.3, -0.25) is 19.2 Å². The molecule has 9 nitrogen and oxygen atoms in total. The van der Waals surface area contributed by atoms with Crippen molar-refractivity contribution in [2.75, 3.05) is 19.0 Å². The van der Waals surface area contributed by atoms with Gasteiger partial charge in [0.1, 0.15) is 22.8 Å². The molecule has 0 spiro atoms. The third kappa shape index (κ3) is 3.48. The number of allylic oxidation sites excluding steroid dienone is 3. The molecule has 0 bridgehead atoms. The highest BCUT2D eigenvalue weighted by Crippen LogP contribution is 2.52. The predicted octanol–water partition coefficient (Wildman–Crippen LogP) is 1.98. The molecule has 0 heterocycles. The van der Waals surface area contributed by atoms with Crippen LogP contribution in [0.5, 0.6) is 5.75 Å². The van der Waals surface area contributed by atoms with Crippen LogP contribution in [0.25, 0.3) is 11.8 Å². The average molecular weight is 466 g/mol. The van der Waals surface area contributed by atoms with Crippen LogP contribution in [0.1, 0.15) is 36.5 Å². The van der Waals surface area contributed by atoms with Gasteiger partial charge in [-0.1, -0.05) is 0 Å². The van der Waals surface area contributed by atoms with E-state index in [1.807, 2.05) is 4.90 Å². The Morgan fingerprint density at radius 2 is 1.82 bits per heavy atom. The SMILES string of the molecule is CC(=O)/C=C/c1cc(N(C)C)c2c(c1O)C(O)=C1C(=O)C3C(O)=C(C(N)=O)C(=O)CC3CC1C2. The van der Waals surface area contributed by atoms with Crippen molar-refractivity contribution in [2.45, 2.75) is 26.2 Å². The summed E-state index contributed by atoms with van der Waals surface area (Å²) in [6, 6.07) is 1.71. The number of phenols is 1. The molecule has 0 aromatic heterocycles. The molecule has 0 saturated heterocycles. The molecule has 5 N–H and O–H groups in total. The summed E-state index contributed by atoms with van der Waals surface area (Å²) in [5, 5.41) is 32.9. The number of nitrogens with two attached hydrogens (primary N) is 1. The Balaban J connectivity index is 1.92. The van der Waals surface area contributed by atoms with Gasteiger partial charge >= 0.3 is 0 Å². The van der Waals surface area contributed by atoms with Gasteiger partial charge in [0.05, 0.1) is 11.5 Å². The number of nitrogens with zero attached hydrogens (tertiary/aromatic N) is 1. The van der Waals surface area contributed by atoms with E-state index < -0.39 is 52.3 Å². The smallest absolute Gasteiger partial charge is 0.255 e. The number of carbonyl (C=O) groups excluding carboxylic acids is 4. The van der Waals surface area contributed by atoms with Crippen molar-refractivity contribution < 1.29 is 34.5 Å². The van der Waals surface area contributed by atoms with Crippen molar-refractivity contribution in [1.29, 1.82) is 0 Å². The van der Waals surface area contributed by atoms with Crippen LogP contribution in [0.3, 0.4) is 0 Å². The van der Waals surface area contributed by atoms with Gasteiger partial charge < -0.3 is 26.0 Å². The van der Waals surface area contributed by atoms with Crippen LogP contribution >= 0.6 is 0 Å². The highest BCUT2D eigenvalue weighted by atomic mass is 16.3. The highest BCUT2D eigenvalue weighted by Gasteiger charge is 2.51. The van der Waals surface area contributed by atoms with Crippen LogP contribution in [-0.4, -0.2) is 52.7 Å². The number of rotatable bonds is 4. The molecule has 34 heavy (non-hydrogen) atoms. The van der Waals surface area contributed by atoms with E-state index in [-0.39, 0.29) is 29.1 Å². The Bertz CT molecular complexity index is 1250. The average Bonchev–Trinajstić information content (AvgIpc) is 2.71. The number of hydrogen-bond acceptors (Lipinski definition) is 8. The summed E-state index contributed by atoms with van der Waals surface area (Å²) in [6.45, 7) is 1.37. The van der Waals surface area contributed by atoms with E-state index in [1.54, 1.807) is 20.2 Å². The minimum atomic E-state index is -1.16. The van der Waals surface area contributed by atoms with Crippen LogP contribution < -0.4 is 10.6 Å². The summed E-state index contributed by atoms with van der Waals surface area (Å²) in [5.41, 5.74) is 6.46. The quantitative estimate of drug-likeness (QED) is 0.387. The zero-order valence-electron chi connectivity index (χ0n) is 19.1. The standard InChI is InChI=1S/C25H26N2O7/c1-10(28)4-5-11-8-15(27(2)3)14-7-12-6-13-9-16(29)20(25(26)34)24(33)18(13)22(31)17(12)23(32)19(14)21(11)30/h4-5,8,12-13,18,30,32-33H,6-7,9H2,1-3H3,(H2,26,34)/b5-4+. The number of carbonyl (C=O) groups is 4. The third-order valence-corrected chi connectivity index (χ3v) is 6.87. The van der Waals surface area contributed by atoms with Gasteiger partial charge in [0, 0.05) is 37.3 Å². The summed E-state index contributed by atoms with van der Waals surface area (Å²) in [5.74, 6) is -5.96. The Morgan fingerprint density at radius 1 is 1.15 bits per heavy atom. The maximum absolute atomic E-state index is 13.5. The third-order valence-electron chi connectivity index (χ3n) is 6.87. The number of primary amides is 1. The van der Waals surface area contributed by atoms with Crippen molar-refractivity contribution in [1.82, 2.24) is 0 Å². The summed E-state index contributed by atoms with van der Waals surface area (Å²) in [6.07, 6.45) is 3.28. The number of amides is 1. The maximum atomic E-state index is 13.5. The predicted molar refractivity (Wildman–Crippen MR) is 124 cm³/mol. The number of aliphatic hydroxyl groups excluding tert-OH is 2. The summed E-state index contributed by atoms with van der Waals surface area (Å²) in [4.78, 5) is 50.8. The first kappa shape index (κ1) is 23.3. The molecule has 3 atom stereocenters. The van der Waals surface area contributed by atoms with Gasteiger partial charge in [0.15, 0.2) is 17.3 Å². The first-order valence-corrected chi connectivity index (χ1v) is 10.9. The molecule has 1 aromatic carbocycles. The highest BCUT2D eigenvalue weighted by molar-refractivity contribution is 6.21. The van der Waals surface area contributed by atoms with Gasteiger partial charge in [-0.05, 0) is 55.4 Å². The van der Waals surface area contributed by atoms with Crippen molar-refractivity contribution in [3.63, 3.8) is 0 Å². The number of ketones is 3. The van der Waals surface area contributed by atoms with Crippen LogP contribution in [0.4, 0.5) is 5.69 Å². The Morgan fingerprint density at radius 3 is 2.41 bits per heavy atom. The molecular formula is C25H26N2O7. The first-order chi connectivity index (χ1) is 15.9. The lowest BCUT2D eigenvalue weighted by Crippen LogP contribution is -2.44. The molecule has 1 amide bonds.